The van der Waals surface area contributed by atoms with E-state index in [0.717, 1.165) is 24.6 Å². The first-order chi connectivity index (χ1) is 7.06. The van der Waals surface area contributed by atoms with Crippen LogP contribution < -0.4 is 4.72 Å². The van der Waals surface area contributed by atoms with E-state index in [2.05, 4.69) is 20.7 Å². The smallest absolute Gasteiger partial charge is 0.202 e. The van der Waals surface area contributed by atoms with Gasteiger partial charge in [-0.05, 0) is 25.2 Å². The van der Waals surface area contributed by atoms with Crippen LogP contribution in [-0.2, 0) is 10.2 Å². The Kier molecular flexibility index (Phi) is 5.52. The van der Waals surface area contributed by atoms with Crippen LogP contribution in [0.2, 0.25) is 0 Å². The lowest BCUT2D eigenvalue weighted by atomic mass is 10.1. The quantitative estimate of drug-likeness (QED) is 0.752. The molecule has 15 heavy (non-hydrogen) atoms. The number of rotatable bonds is 6. The van der Waals surface area contributed by atoms with Gasteiger partial charge in [-0.2, -0.15) is 12.7 Å². The Morgan fingerprint density at radius 1 is 1.40 bits per heavy atom. The zero-order valence-electron chi connectivity index (χ0n) is 9.08. The first kappa shape index (κ1) is 13.4. The van der Waals surface area contributed by atoms with Crippen molar-refractivity contribution in [1.82, 2.24) is 9.03 Å². The van der Waals surface area contributed by atoms with Gasteiger partial charge in [0.05, 0.1) is 0 Å². The monoisotopic (exact) mass is 298 g/mol. The fourth-order valence-corrected chi connectivity index (χ4v) is 3.75. The molecule has 0 aromatic heterocycles. The standard InChI is InChI=1S/C9H19BrN2O2S/c1-9(4-5-10)8-11-15(13,14)12-6-2-3-7-12/h9,11H,2-8H2,1H3. The highest BCUT2D eigenvalue weighted by Crippen LogP contribution is 2.12. The summed E-state index contributed by atoms with van der Waals surface area (Å²) in [5.74, 6) is 0.377. The summed E-state index contributed by atoms with van der Waals surface area (Å²) in [6.07, 6.45) is 2.96. The molecule has 0 aromatic rings. The number of hydrogen-bond acceptors (Lipinski definition) is 2. The van der Waals surface area contributed by atoms with Gasteiger partial charge in [-0.15, -0.1) is 0 Å². The van der Waals surface area contributed by atoms with Crippen molar-refractivity contribution in [3.63, 3.8) is 0 Å². The summed E-state index contributed by atoms with van der Waals surface area (Å²) in [5, 5.41) is 0.916. The molecule has 4 nitrogen and oxygen atoms in total. The second-order valence-corrected chi connectivity index (χ2v) is 6.59. The van der Waals surface area contributed by atoms with Crippen LogP contribution in [0.1, 0.15) is 26.2 Å². The Hall–Kier alpha value is 0.350. The maximum Gasteiger partial charge on any atom is 0.279 e. The van der Waals surface area contributed by atoms with Crippen molar-refractivity contribution in [2.75, 3.05) is 25.0 Å². The molecule has 0 saturated carbocycles. The van der Waals surface area contributed by atoms with Gasteiger partial charge >= 0.3 is 0 Å². The summed E-state index contributed by atoms with van der Waals surface area (Å²) in [4.78, 5) is 0. The van der Waals surface area contributed by atoms with Gasteiger partial charge in [0.15, 0.2) is 0 Å². The van der Waals surface area contributed by atoms with E-state index in [1.165, 1.54) is 4.31 Å². The van der Waals surface area contributed by atoms with Crippen LogP contribution in [0.4, 0.5) is 0 Å². The molecule has 1 N–H and O–H groups in total. The molecule has 0 spiro atoms. The highest BCUT2D eigenvalue weighted by Gasteiger charge is 2.24. The molecular weight excluding hydrogens is 280 g/mol. The number of hydrogen-bond donors (Lipinski definition) is 1. The second kappa shape index (κ2) is 6.18. The van der Waals surface area contributed by atoms with Gasteiger partial charge in [-0.25, -0.2) is 4.72 Å². The number of nitrogens with zero attached hydrogens (tertiary/aromatic N) is 1. The third-order valence-electron chi connectivity index (χ3n) is 2.62. The third kappa shape index (κ3) is 4.38. The van der Waals surface area contributed by atoms with E-state index in [0.29, 0.717) is 25.6 Å². The summed E-state index contributed by atoms with van der Waals surface area (Å²) in [7, 11) is -3.21. The van der Waals surface area contributed by atoms with E-state index in [1.54, 1.807) is 0 Å². The van der Waals surface area contributed by atoms with Crippen molar-refractivity contribution >= 4 is 26.1 Å². The number of alkyl halides is 1. The fraction of sp³-hybridized carbons (Fsp3) is 1.00. The van der Waals surface area contributed by atoms with Crippen molar-refractivity contribution in [3.05, 3.63) is 0 Å². The molecule has 0 aliphatic carbocycles. The Morgan fingerprint density at radius 2 is 2.00 bits per heavy atom. The van der Waals surface area contributed by atoms with Gasteiger partial charge in [-0.1, -0.05) is 22.9 Å². The minimum atomic E-state index is -3.21. The van der Waals surface area contributed by atoms with Gasteiger partial charge in [0.25, 0.3) is 10.2 Å². The topological polar surface area (TPSA) is 49.4 Å². The Labute approximate surface area is 101 Å². The third-order valence-corrected chi connectivity index (χ3v) is 4.66. The van der Waals surface area contributed by atoms with Gasteiger partial charge < -0.3 is 0 Å². The predicted molar refractivity (Wildman–Crippen MR) is 65.3 cm³/mol. The van der Waals surface area contributed by atoms with E-state index in [1.807, 2.05) is 6.92 Å². The lowest BCUT2D eigenvalue weighted by Gasteiger charge is -2.18. The predicted octanol–water partition coefficient (Wildman–Crippen LogP) is 1.34. The minimum absolute atomic E-state index is 0.377. The van der Waals surface area contributed by atoms with Gasteiger partial charge in [-0.3, -0.25) is 0 Å². The summed E-state index contributed by atoms with van der Waals surface area (Å²) in [6, 6.07) is 0. The summed E-state index contributed by atoms with van der Waals surface area (Å²) >= 11 is 3.35. The molecular formula is C9H19BrN2O2S. The van der Waals surface area contributed by atoms with Gasteiger partial charge in [0.2, 0.25) is 0 Å². The number of nitrogens with one attached hydrogen (secondary N) is 1. The SMILES string of the molecule is CC(CCBr)CNS(=O)(=O)N1CCCC1. The molecule has 1 rings (SSSR count). The Morgan fingerprint density at radius 3 is 2.53 bits per heavy atom. The van der Waals surface area contributed by atoms with E-state index >= 15 is 0 Å². The van der Waals surface area contributed by atoms with Crippen molar-refractivity contribution in [1.29, 1.82) is 0 Å². The molecule has 0 aromatic carbocycles. The maximum absolute atomic E-state index is 11.7. The Bertz CT molecular complexity index is 276. The highest BCUT2D eigenvalue weighted by atomic mass is 79.9. The fourth-order valence-electron chi connectivity index (χ4n) is 1.56. The molecule has 1 aliphatic heterocycles. The number of halogens is 1. The van der Waals surface area contributed by atoms with Crippen LogP contribution >= 0.6 is 15.9 Å². The van der Waals surface area contributed by atoms with E-state index in [4.69, 9.17) is 0 Å². The summed E-state index contributed by atoms with van der Waals surface area (Å²) in [6.45, 7) is 3.92. The summed E-state index contributed by atoms with van der Waals surface area (Å²) in [5.41, 5.74) is 0. The highest BCUT2D eigenvalue weighted by molar-refractivity contribution is 9.09. The van der Waals surface area contributed by atoms with Crippen molar-refractivity contribution in [2.24, 2.45) is 5.92 Å². The molecule has 1 unspecified atom stereocenters. The second-order valence-electron chi connectivity index (χ2n) is 4.04. The van der Waals surface area contributed by atoms with Crippen LogP contribution in [0.15, 0.2) is 0 Å². The Balaban J connectivity index is 2.35. The zero-order valence-corrected chi connectivity index (χ0v) is 11.5. The average molecular weight is 299 g/mol. The minimum Gasteiger partial charge on any atom is -0.202 e. The van der Waals surface area contributed by atoms with Crippen LogP contribution in [0.5, 0.6) is 0 Å². The lowest BCUT2D eigenvalue weighted by molar-refractivity contribution is 0.453. The largest absolute Gasteiger partial charge is 0.279 e. The molecule has 1 saturated heterocycles. The van der Waals surface area contributed by atoms with Crippen LogP contribution in [0, 0.1) is 5.92 Å². The average Bonchev–Trinajstić information content (AvgIpc) is 2.69. The van der Waals surface area contributed by atoms with Crippen molar-refractivity contribution in [3.8, 4) is 0 Å². The van der Waals surface area contributed by atoms with Crippen LogP contribution in [0.3, 0.4) is 0 Å². The van der Waals surface area contributed by atoms with Gasteiger partial charge in [0.1, 0.15) is 0 Å². The maximum atomic E-state index is 11.7. The lowest BCUT2D eigenvalue weighted by Crippen LogP contribution is -2.40. The van der Waals surface area contributed by atoms with E-state index in [9.17, 15) is 8.42 Å². The molecule has 1 atom stereocenters. The molecule has 1 aliphatic rings. The van der Waals surface area contributed by atoms with E-state index < -0.39 is 10.2 Å². The normalized spacial score (nSPS) is 20.7. The summed E-state index contributed by atoms with van der Waals surface area (Å²) < 4.78 is 27.7. The van der Waals surface area contributed by atoms with Crippen LogP contribution in [-0.4, -0.2) is 37.7 Å². The van der Waals surface area contributed by atoms with Crippen LogP contribution in [0.25, 0.3) is 0 Å². The molecule has 1 fully saturated rings. The van der Waals surface area contributed by atoms with Gasteiger partial charge in [0, 0.05) is 25.0 Å². The molecule has 0 bridgehead atoms. The molecule has 6 heteroatoms. The van der Waals surface area contributed by atoms with Crippen molar-refractivity contribution in [2.45, 2.75) is 26.2 Å². The zero-order chi connectivity index (χ0) is 11.3. The molecule has 0 radical (unpaired) electrons. The molecule has 1 heterocycles. The first-order valence-electron chi connectivity index (χ1n) is 5.37. The van der Waals surface area contributed by atoms with Crippen molar-refractivity contribution < 1.29 is 8.42 Å². The first-order valence-corrected chi connectivity index (χ1v) is 7.93. The van der Waals surface area contributed by atoms with E-state index in [-0.39, 0.29) is 0 Å². The molecule has 0 amide bonds. The molecule has 90 valence electrons.